The summed E-state index contributed by atoms with van der Waals surface area (Å²) < 4.78 is 10.4. The summed E-state index contributed by atoms with van der Waals surface area (Å²) in [5.74, 6) is -0.282. The Hall–Kier alpha value is -2.24. The molecule has 2 amide bonds. The summed E-state index contributed by atoms with van der Waals surface area (Å²) in [7, 11) is 0. The number of rotatable bonds is 12. The third-order valence-corrected chi connectivity index (χ3v) is 2.47. The highest BCUT2D eigenvalue weighted by atomic mass is 16.5. The van der Waals surface area contributed by atoms with E-state index in [-0.39, 0.29) is 11.8 Å². The van der Waals surface area contributed by atoms with Gasteiger partial charge in [-0.3, -0.25) is 9.59 Å². The molecular formula is C16H26N2O4. The van der Waals surface area contributed by atoms with Crippen LogP contribution in [0.3, 0.4) is 0 Å². The van der Waals surface area contributed by atoms with Gasteiger partial charge in [0.2, 0.25) is 11.8 Å². The second-order valence-electron chi connectivity index (χ2n) is 4.79. The highest BCUT2D eigenvalue weighted by molar-refractivity contribution is 5.92. The Balaban J connectivity index is 3.35. The number of ether oxygens (including phenoxy) is 2. The lowest BCUT2D eigenvalue weighted by atomic mass is 10.3. The van der Waals surface area contributed by atoms with E-state index >= 15 is 0 Å². The maximum absolute atomic E-state index is 11.2. The summed E-state index contributed by atoms with van der Waals surface area (Å²) in [5.41, 5.74) is 0.988. The summed E-state index contributed by atoms with van der Waals surface area (Å²) in [6.45, 7) is 12.5. The molecule has 0 saturated carbocycles. The topological polar surface area (TPSA) is 76.7 Å². The largest absolute Gasteiger partial charge is 0.498 e. The third kappa shape index (κ3) is 11.6. The van der Waals surface area contributed by atoms with Gasteiger partial charge in [-0.05, 0) is 26.7 Å². The first-order valence-corrected chi connectivity index (χ1v) is 7.20. The Morgan fingerprint density at radius 3 is 1.55 bits per heavy atom. The fraction of sp³-hybridized carbons (Fsp3) is 0.500. The quantitative estimate of drug-likeness (QED) is 0.326. The zero-order valence-electron chi connectivity index (χ0n) is 13.4. The number of hydrogen-bond donors (Lipinski definition) is 2. The SMILES string of the molecule is C=C(C)C(=O)NCCCOC=COCCCNC(=O)C(=C)C. The van der Waals surface area contributed by atoms with Gasteiger partial charge in [-0.1, -0.05) is 13.2 Å². The van der Waals surface area contributed by atoms with Gasteiger partial charge in [0.05, 0.1) is 13.2 Å². The van der Waals surface area contributed by atoms with E-state index in [0.29, 0.717) is 50.3 Å². The standard InChI is InChI=1S/C16H26N2O4/c1-13(2)15(19)17-7-5-9-21-11-12-22-10-6-8-18-16(20)14(3)4/h11-12H,1,3,5-10H2,2,4H3,(H,17,19)(H,18,20). The summed E-state index contributed by atoms with van der Waals surface area (Å²) >= 11 is 0. The molecule has 0 heterocycles. The monoisotopic (exact) mass is 310 g/mol. The maximum atomic E-state index is 11.2. The van der Waals surface area contributed by atoms with E-state index in [1.807, 2.05) is 0 Å². The molecule has 0 radical (unpaired) electrons. The molecule has 0 aromatic rings. The molecule has 0 fully saturated rings. The van der Waals surface area contributed by atoms with Crippen LogP contribution in [-0.2, 0) is 19.1 Å². The normalized spacial score (nSPS) is 10.1. The zero-order valence-corrected chi connectivity index (χ0v) is 13.4. The molecule has 0 rings (SSSR count). The minimum atomic E-state index is -0.141. The Labute approximate surface area is 132 Å². The van der Waals surface area contributed by atoms with Gasteiger partial charge in [0, 0.05) is 24.2 Å². The smallest absolute Gasteiger partial charge is 0.246 e. The molecule has 2 N–H and O–H groups in total. The minimum absolute atomic E-state index is 0.141. The lowest BCUT2D eigenvalue weighted by molar-refractivity contribution is -0.118. The summed E-state index contributed by atoms with van der Waals surface area (Å²) in [6.07, 6.45) is 4.34. The molecule has 0 aromatic heterocycles. The van der Waals surface area contributed by atoms with Gasteiger partial charge < -0.3 is 20.1 Å². The number of hydrogen-bond acceptors (Lipinski definition) is 4. The predicted octanol–water partition coefficient (Wildman–Crippen LogP) is 1.66. The average Bonchev–Trinajstić information content (AvgIpc) is 2.47. The van der Waals surface area contributed by atoms with Gasteiger partial charge in [-0.25, -0.2) is 0 Å². The fourth-order valence-electron chi connectivity index (χ4n) is 1.23. The van der Waals surface area contributed by atoms with Crippen molar-refractivity contribution in [2.75, 3.05) is 26.3 Å². The fourth-order valence-corrected chi connectivity index (χ4v) is 1.23. The average molecular weight is 310 g/mol. The van der Waals surface area contributed by atoms with Gasteiger partial charge in [-0.2, -0.15) is 0 Å². The van der Waals surface area contributed by atoms with Crippen LogP contribution in [0.15, 0.2) is 36.8 Å². The Morgan fingerprint density at radius 1 is 0.864 bits per heavy atom. The summed E-state index contributed by atoms with van der Waals surface area (Å²) in [6, 6.07) is 0. The van der Waals surface area contributed by atoms with Crippen molar-refractivity contribution in [2.24, 2.45) is 0 Å². The van der Waals surface area contributed by atoms with E-state index in [2.05, 4.69) is 23.8 Å². The van der Waals surface area contributed by atoms with Crippen molar-refractivity contribution in [3.05, 3.63) is 36.8 Å². The lowest BCUT2D eigenvalue weighted by Gasteiger charge is -2.05. The number of amides is 2. The van der Waals surface area contributed by atoms with E-state index in [1.54, 1.807) is 13.8 Å². The van der Waals surface area contributed by atoms with Crippen LogP contribution in [0.4, 0.5) is 0 Å². The molecule has 6 nitrogen and oxygen atoms in total. The van der Waals surface area contributed by atoms with Crippen LogP contribution in [0.5, 0.6) is 0 Å². The molecule has 0 atom stereocenters. The van der Waals surface area contributed by atoms with Gasteiger partial charge in [0.1, 0.15) is 12.5 Å². The first-order valence-electron chi connectivity index (χ1n) is 7.20. The van der Waals surface area contributed by atoms with Crippen LogP contribution >= 0.6 is 0 Å². The van der Waals surface area contributed by atoms with Gasteiger partial charge in [0.25, 0.3) is 0 Å². The lowest BCUT2D eigenvalue weighted by Crippen LogP contribution is -2.25. The molecule has 0 aromatic carbocycles. The number of nitrogens with one attached hydrogen (secondary N) is 2. The van der Waals surface area contributed by atoms with Crippen molar-refractivity contribution in [1.82, 2.24) is 10.6 Å². The van der Waals surface area contributed by atoms with Crippen LogP contribution in [0.1, 0.15) is 26.7 Å². The van der Waals surface area contributed by atoms with Crippen molar-refractivity contribution < 1.29 is 19.1 Å². The van der Waals surface area contributed by atoms with E-state index in [0.717, 1.165) is 0 Å². The molecule has 0 aliphatic carbocycles. The van der Waals surface area contributed by atoms with Crippen LogP contribution in [0.2, 0.25) is 0 Å². The molecule has 6 heteroatoms. The van der Waals surface area contributed by atoms with Crippen molar-refractivity contribution in [1.29, 1.82) is 0 Å². The summed E-state index contributed by atoms with van der Waals surface area (Å²) in [5, 5.41) is 5.42. The van der Waals surface area contributed by atoms with Crippen LogP contribution < -0.4 is 10.6 Å². The number of carbonyl (C=O) groups excluding carboxylic acids is 2. The second-order valence-corrected chi connectivity index (χ2v) is 4.79. The van der Waals surface area contributed by atoms with E-state index in [9.17, 15) is 9.59 Å². The Kier molecular flexibility index (Phi) is 11.2. The van der Waals surface area contributed by atoms with E-state index < -0.39 is 0 Å². The van der Waals surface area contributed by atoms with Crippen LogP contribution in [-0.4, -0.2) is 38.1 Å². The predicted molar refractivity (Wildman–Crippen MR) is 85.9 cm³/mol. The van der Waals surface area contributed by atoms with Crippen LogP contribution in [0.25, 0.3) is 0 Å². The van der Waals surface area contributed by atoms with Crippen molar-refractivity contribution in [3.8, 4) is 0 Å². The van der Waals surface area contributed by atoms with Gasteiger partial charge >= 0.3 is 0 Å². The van der Waals surface area contributed by atoms with Crippen molar-refractivity contribution in [3.63, 3.8) is 0 Å². The maximum Gasteiger partial charge on any atom is 0.246 e. The number of carbonyl (C=O) groups is 2. The van der Waals surface area contributed by atoms with E-state index in [4.69, 9.17) is 9.47 Å². The molecule has 0 unspecified atom stereocenters. The van der Waals surface area contributed by atoms with E-state index in [1.165, 1.54) is 12.5 Å². The Bertz CT molecular complexity index is 378. The summed E-state index contributed by atoms with van der Waals surface area (Å²) in [4.78, 5) is 22.3. The highest BCUT2D eigenvalue weighted by Crippen LogP contribution is 1.90. The Morgan fingerprint density at radius 2 is 1.23 bits per heavy atom. The van der Waals surface area contributed by atoms with Gasteiger partial charge in [0.15, 0.2) is 0 Å². The first kappa shape index (κ1) is 19.8. The second kappa shape index (κ2) is 12.5. The molecular weight excluding hydrogens is 284 g/mol. The molecule has 22 heavy (non-hydrogen) atoms. The van der Waals surface area contributed by atoms with Crippen molar-refractivity contribution >= 4 is 11.8 Å². The zero-order chi connectivity index (χ0) is 16.8. The minimum Gasteiger partial charge on any atom is -0.498 e. The first-order chi connectivity index (χ1) is 10.4. The molecule has 0 aliphatic heterocycles. The van der Waals surface area contributed by atoms with Crippen LogP contribution in [0, 0.1) is 0 Å². The molecule has 124 valence electrons. The molecule has 0 saturated heterocycles. The van der Waals surface area contributed by atoms with Gasteiger partial charge in [-0.15, -0.1) is 0 Å². The molecule has 0 aliphatic rings. The molecule has 0 spiro atoms. The highest BCUT2D eigenvalue weighted by Gasteiger charge is 1.99. The van der Waals surface area contributed by atoms with Crippen molar-refractivity contribution in [2.45, 2.75) is 26.7 Å². The molecule has 0 bridgehead atoms. The third-order valence-electron chi connectivity index (χ3n) is 2.47.